The van der Waals surface area contributed by atoms with Crippen molar-refractivity contribution in [2.45, 2.75) is 77.5 Å². The Balaban J connectivity index is 1.85. The van der Waals surface area contributed by atoms with E-state index in [9.17, 15) is 29.4 Å². The molecule has 222 valence electrons. The van der Waals surface area contributed by atoms with Gasteiger partial charge in [-0.25, -0.2) is 9.59 Å². The molecular weight excluding hydrogens is 536 g/mol. The molecule has 2 amide bonds. The lowest BCUT2D eigenvalue weighted by atomic mass is 10.1. The van der Waals surface area contributed by atoms with Crippen LogP contribution in [0.3, 0.4) is 0 Å². The number of benzene rings is 2. The van der Waals surface area contributed by atoms with E-state index in [1.165, 1.54) is 13.8 Å². The van der Waals surface area contributed by atoms with Crippen molar-refractivity contribution in [3.05, 3.63) is 72.1 Å². The summed E-state index contributed by atoms with van der Waals surface area (Å²) in [5, 5.41) is 26.5. The lowest BCUT2D eigenvalue weighted by Crippen LogP contribution is -2.41. The molecule has 4 rings (SSSR count). The van der Waals surface area contributed by atoms with Crippen molar-refractivity contribution in [3.8, 4) is 0 Å². The van der Waals surface area contributed by atoms with Gasteiger partial charge in [-0.2, -0.15) is 0 Å². The van der Waals surface area contributed by atoms with Gasteiger partial charge in [0.25, 0.3) is 0 Å². The summed E-state index contributed by atoms with van der Waals surface area (Å²) < 4.78 is 4.32. The number of carbonyl (C=O) groups excluding carboxylic acids is 2. The van der Waals surface area contributed by atoms with Gasteiger partial charge in [0.15, 0.2) is 0 Å². The number of nitrogens with one attached hydrogen (secondary N) is 2. The van der Waals surface area contributed by atoms with Gasteiger partial charge in [0, 0.05) is 49.9 Å². The Morgan fingerprint density at radius 2 is 1.14 bits per heavy atom. The molecule has 0 spiro atoms. The van der Waals surface area contributed by atoms with Gasteiger partial charge in [0.2, 0.25) is 11.8 Å². The fourth-order valence-corrected chi connectivity index (χ4v) is 5.69. The van der Waals surface area contributed by atoms with Crippen LogP contribution in [0.4, 0.5) is 0 Å². The molecule has 0 aliphatic carbocycles. The van der Waals surface area contributed by atoms with Gasteiger partial charge in [-0.1, -0.05) is 56.2 Å². The van der Waals surface area contributed by atoms with Crippen LogP contribution in [0, 0.1) is 0 Å². The maximum absolute atomic E-state index is 12.0. The molecule has 2 heterocycles. The van der Waals surface area contributed by atoms with Gasteiger partial charge in [-0.05, 0) is 36.1 Å². The number of amides is 2. The molecule has 0 unspecified atom stereocenters. The van der Waals surface area contributed by atoms with Crippen LogP contribution in [0.25, 0.3) is 21.8 Å². The number of unbranched alkanes of at least 4 members (excludes halogenated alkanes) is 2. The van der Waals surface area contributed by atoms with E-state index in [1.807, 2.05) is 60.9 Å². The first-order chi connectivity index (χ1) is 20.1. The molecule has 2 aromatic carbocycles. The number of carboxylic acids is 2. The predicted molar refractivity (Wildman–Crippen MR) is 160 cm³/mol. The summed E-state index contributed by atoms with van der Waals surface area (Å²) in [6.07, 6.45) is 7.80. The van der Waals surface area contributed by atoms with E-state index >= 15 is 0 Å². The molecule has 0 saturated heterocycles. The smallest absolute Gasteiger partial charge is 0.326 e. The highest BCUT2D eigenvalue weighted by atomic mass is 16.4. The number of hydrogen-bond acceptors (Lipinski definition) is 4. The van der Waals surface area contributed by atoms with E-state index in [0.29, 0.717) is 0 Å². The first-order valence-corrected chi connectivity index (χ1v) is 14.3. The molecule has 42 heavy (non-hydrogen) atoms. The standard InChI is InChI=1S/C32H38N4O6/c1-4-5-6-15-30(35-18-22(24-11-7-9-13-28(24)35)16-26(31(39)40)33-20(2)37)36-19-23(25-12-8-10-14-29(25)36)17-27(32(41)42)34-21(3)38/h7-14,18-19,26-27,30H,4-6,15-17H2,1-3H3,(H,33,37)(H,34,38)(H,39,40)(H,41,42)/t26-,27-/m0/s1. The minimum absolute atomic E-state index is 0.124. The number of aliphatic carboxylic acids is 2. The van der Waals surface area contributed by atoms with Crippen LogP contribution >= 0.6 is 0 Å². The van der Waals surface area contributed by atoms with Crippen molar-refractivity contribution in [1.82, 2.24) is 19.8 Å². The number of aromatic nitrogens is 2. The molecule has 0 aliphatic rings. The van der Waals surface area contributed by atoms with E-state index in [4.69, 9.17) is 0 Å². The van der Waals surface area contributed by atoms with Gasteiger partial charge in [0.1, 0.15) is 18.2 Å². The second-order valence-electron chi connectivity index (χ2n) is 10.7. The topological polar surface area (TPSA) is 143 Å². The molecule has 4 N–H and O–H groups in total. The summed E-state index contributed by atoms with van der Waals surface area (Å²) in [6, 6.07) is 13.5. The van der Waals surface area contributed by atoms with Gasteiger partial charge >= 0.3 is 11.9 Å². The van der Waals surface area contributed by atoms with Crippen molar-refractivity contribution in [3.63, 3.8) is 0 Å². The van der Waals surface area contributed by atoms with Crippen LogP contribution in [-0.2, 0) is 32.0 Å². The number of rotatable bonds is 14. The Bertz CT molecular complexity index is 1490. The quantitative estimate of drug-likeness (QED) is 0.164. The second kappa shape index (κ2) is 13.4. The van der Waals surface area contributed by atoms with E-state index in [2.05, 4.69) is 26.7 Å². The molecule has 4 aromatic rings. The summed E-state index contributed by atoms with van der Waals surface area (Å²) in [7, 11) is 0. The molecule has 2 aromatic heterocycles. The average molecular weight is 575 g/mol. The first kappa shape index (κ1) is 30.4. The minimum atomic E-state index is -1.10. The van der Waals surface area contributed by atoms with Crippen molar-refractivity contribution in [2.24, 2.45) is 0 Å². The number of fused-ring (bicyclic) bond motifs is 2. The molecule has 0 saturated carbocycles. The van der Waals surface area contributed by atoms with Gasteiger partial charge in [0.05, 0.1) is 11.0 Å². The van der Waals surface area contributed by atoms with E-state index in [-0.39, 0.29) is 19.0 Å². The number of carboxylic acid groups (broad SMARTS) is 2. The highest BCUT2D eigenvalue weighted by molar-refractivity contribution is 5.88. The number of nitrogens with zero attached hydrogens (tertiary/aromatic N) is 2. The van der Waals surface area contributed by atoms with Crippen LogP contribution in [0.15, 0.2) is 60.9 Å². The Hall–Kier alpha value is -4.60. The van der Waals surface area contributed by atoms with Crippen molar-refractivity contribution >= 4 is 45.6 Å². The summed E-state index contributed by atoms with van der Waals surface area (Å²) in [5.74, 6) is -3.02. The van der Waals surface area contributed by atoms with Crippen LogP contribution in [-0.4, -0.2) is 55.2 Å². The number of para-hydroxylation sites is 2. The van der Waals surface area contributed by atoms with E-state index in [1.54, 1.807) is 0 Å². The highest BCUT2D eigenvalue weighted by Gasteiger charge is 2.26. The van der Waals surface area contributed by atoms with Crippen LogP contribution in [0.5, 0.6) is 0 Å². The fraction of sp³-hybridized carbons (Fsp3) is 0.375. The van der Waals surface area contributed by atoms with Crippen molar-refractivity contribution in [1.29, 1.82) is 0 Å². The third-order valence-corrected chi connectivity index (χ3v) is 7.55. The summed E-state index contributed by atoms with van der Waals surface area (Å²) in [5.41, 5.74) is 3.48. The molecule has 10 nitrogen and oxygen atoms in total. The SMILES string of the molecule is CCCCCC(n1cc(C[C@H](NC(C)=O)C(=O)O)c2ccccc21)n1cc(C[C@H](NC(C)=O)C(=O)O)c2ccccc21. The number of carbonyl (C=O) groups is 4. The summed E-state index contributed by atoms with van der Waals surface area (Å²) >= 11 is 0. The maximum atomic E-state index is 12.0. The van der Waals surface area contributed by atoms with Crippen LogP contribution < -0.4 is 10.6 Å². The molecule has 0 bridgehead atoms. The van der Waals surface area contributed by atoms with Crippen molar-refractivity contribution in [2.75, 3.05) is 0 Å². The minimum Gasteiger partial charge on any atom is -0.480 e. The molecule has 2 atom stereocenters. The molecule has 10 heteroatoms. The number of hydrogen-bond donors (Lipinski definition) is 4. The highest BCUT2D eigenvalue weighted by Crippen LogP contribution is 2.33. The van der Waals surface area contributed by atoms with Gasteiger partial charge in [-0.3, -0.25) is 9.59 Å². The zero-order chi connectivity index (χ0) is 30.4. The van der Waals surface area contributed by atoms with Crippen LogP contribution in [0.2, 0.25) is 0 Å². The lowest BCUT2D eigenvalue weighted by Gasteiger charge is -2.24. The van der Waals surface area contributed by atoms with Crippen molar-refractivity contribution < 1.29 is 29.4 Å². The monoisotopic (exact) mass is 574 g/mol. The zero-order valence-electron chi connectivity index (χ0n) is 24.2. The molecule has 0 radical (unpaired) electrons. The second-order valence-corrected chi connectivity index (χ2v) is 10.7. The molecule has 0 aliphatic heterocycles. The van der Waals surface area contributed by atoms with Gasteiger partial charge in [-0.15, -0.1) is 0 Å². The van der Waals surface area contributed by atoms with Crippen LogP contribution in [0.1, 0.15) is 63.7 Å². The first-order valence-electron chi connectivity index (χ1n) is 14.3. The van der Waals surface area contributed by atoms with E-state index < -0.39 is 35.8 Å². The Morgan fingerprint density at radius 1 is 0.714 bits per heavy atom. The molecular formula is C32H38N4O6. The Morgan fingerprint density at radius 3 is 1.52 bits per heavy atom. The Kier molecular flexibility index (Phi) is 9.67. The third-order valence-electron chi connectivity index (χ3n) is 7.55. The maximum Gasteiger partial charge on any atom is 0.326 e. The normalized spacial score (nSPS) is 12.9. The van der Waals surface area contributed by atoms with E-state index in [0.717, 1.165) is 58.6 Å². The summed E-state index contributed by atoms with van der Waals surface area (Å²) in [6.45, 7) is 4.75. The third kappa shape index (κ3) is 6.82. The largest absolute Gasteiger partial charge is 0.480 e. The average Bonchev–Trinajstić information content (AvgIpc) is 3.48. The molecule has 0 fully saturated rings. The lowest BCUT2D eigenvalue weighted by molar-refractivity contribution is -0.141. The van der Waals surface area contributed by atoms with Gasteiger partial charge < -0.3 is 30.0 Å². The Labute approximate surface area is 244 Å². The zero-order valence-corrected chi connectivity index (χ0v) is 24.2. The predicted octanol–water partition coefficient (Wildman–Crippen LogP) is 4.49. The summed E-state index contributed by atoms with van der Waals surface area (Å²) in [4.78, 5) is 47.4. The fourth-order valence-electron chi connectivity index (χ4n) is 5.69.